The number of aromatic nitrogens is 1. The molecule has 0 saturated carbocycles. The lowest BCUT2D eigenvalue weighted by molar-refractivity contribution is -0.142. The van der Waals surface area contributed by atoms with Crippen molar-refractivity contribution in [2.45, 2.75) is 13.8 Å². The number of aryl methyl sites for hydroxylation is 1. The van der Waals surface area contributed by atoms with E-state index in [2.05, 4.69) is 4.84 Å². The van der Waals surface area contributed by atoms with Gasteiger partial charge < -0.3 is 9.94 Å². The van der Waals surface area contributed by atoms with Crippen LogP contribution in [0.25, 0.3) is 0 Å². The van der Waals surface area contributed by atoms with Crippen LogP contribution in [-0.4, -0.2) is 15.8 Å². The van der Waals surface area contributed by atoms with Gasteiger partial charge in [-0.15, -0.1) is 16.1 Å². The minimum Gasteiger partial charge on any atom is -0.492 e. The molecule has 0 aliphatic carbocycles. The van der Waals surface area contributed by atoms with Gasteiger partial charge >= 0.3 is 5.97 Å². The summed E-state index contributed by atoms with van der Waals surface area (Å²) in [4.78, 5) is 15.8. The van der Waals surface area contributed by atoms with Gasteiger partial charge in [0.05, 0.1) is 4.88 Å². The van der Waals surface area contributed by atoms with Crippen LogP contribution in [0.3, 0.4) is 0 Å². The molecule has 0 atom stereocenters. The Morgan fingerprint density at radius 3 is 2.67 bits per heavy atom. The molecule has 0 radical (unpaired) electrons. The fraction of sp³-hybridized carbons (Fsp3) is 0.333. The Morgan fingerprint density at radius 1 is 1.75 bits per heavy atom. The topological polar surface area (TPSA) is 51.5 Å². The predicted octanol–water partition coefficient (Wildman–Crippen LogP) is 1.27. The summed E-state index contributed by atoms with van der Waals surface area (Å²) in [7, 11) is 0. The first-order chi connectivity index (χ1) is 5.52. The van der Waals surface area contributed by atoms with E-state index in [1.54, 1.807) is 6.92 Å². The summed E-state index contributed by atoms with van der Waals surface area (Å²) < 4.78 is 1.26. The van der Waals surface area contributed by atoms with Crippen molar-refractivity contribution < 1.29 is 14.7 Å². The fourth-order valence-corrected chi connectivity index (χ4v) is 1.80. The van der Waals surface area contributed by atoms with Gasteiger partial charge in [0, 0.05) is 6.92 Å². The lowest BCUT2D eigenvalue weighted by Crippen LogP contribution is -2.15. The molecule has 0 aromatic carbocycles. The molecule has 1 aromatic rings. The van der Waals surface area contributed by atoms with Crippen LogP contribution in [0.1, 0.15) is 11.8 Å². The third kappa shape index (κ3) is 1.64. The van der Waals surface area contributed by atoms with Gasteiger partial charge in [0.15, 0.2) is 0 Å². The maximum absolute atomic E-state index is 10.5. The van der Waals surface area contributed by atoms with Gasteiger partial charge in [0.1, 0.15) is 0 Å². The minimum absolute atomic E-state index is 0.111. The van der Waals surface area contributed by atoms with E-state index >= 15 is 0 Å². The van der Waals surface area contributed by atoms with Crippen LogP contribution in [0.2, 0.25) is 0 Å². The lowest BCUT2D eigenvalue weighted by atomic mass is 10.6. The van der Waals surface area contributed by atoms with Crippen LogP contribution in [0.4, 0.5) is 0 Å². The Kier molecular flexibility index (Phi) is 2.49. The molecule has 0 amide bonds. The zero-order valence-electron chi connectivity index (χ0n) is 6.53. The standard InChI is InChI=1S/C6H7NO3S2/c1-3-5(9)7(6(11)12-3)10-4(2)8/h9H,1-2H3. The van der Waals surface area contributed by atoms with E-state index < -0.39 is 5.97 Å². The van der Waals surface area contributed by atoms with Crippen LogP contribution >= 0.6 is 23.6 Å². The number of hydrogen-bond acceptors (Lipinski definition) is 5. The summed E-state index contributed by atoms with van der Waals surface area (Å²) in [6.45, 7) is 2.93. The largest absolute Gasteiger partial charge is 0.492 e. The van der Waals surface area contributed by atoms with Crippen molar-refractivity contribution in [3.05, 3.63) is 8.83 Å². The summed E-state index contributed by atoms with van der Waals surface area (Å²) in [5, 5.41) is 9.30. The third-order valence-corrected chi connectivity index (χ3v) is 2.38. The summed E-state index contributed by atoms with van der Waals surface area (Å²) in [6.07, 6.45) is 0. The molecule has 0 bridgehead atoms. The van der Waals surface area contributed by atoms with Crippen LogP contribution in [0.5, 0.6) is 5.88 Å². The number of rotatable bonds is 1. The quantitative estimate of drug-likeness (QED) is 0.701. The van der Waals surface area contributed by atoms with Gasteiger partial charge in [-0.2, -0.15) is 0 Å². The van der Waals surface area contributed by atoms with E-state index in [0.29, 0.717) is 8.83 Å². The summed E-state index contributed by atoms with van der Waals surface area (Å²) in [5.74, 6) is -0.626. The van der Waals surface area contributed by atoms with E-state index in [0.717, 1.165) is 4.73 Å². The SMILES string of the molecule is CC(=O)On1c(O)c(C)sc1=S. The van der Waals surface area contributed by atoms with Crippen LogP contribution < -0.4 is 4.84 Å². The first-order valence-corrected chi connectivity index (χ1v) is 4.35. The van der Waals surface area contributed by atoms with E-state index in [-0.39, 0.29) is 5.88 Å². The molecular formula is C6H7NO3S2. The smallest absolute Gasteiger partial charge is 0.330 e. The second-order valence-corrected chi connectivity index (χ2v) is 3.97. The van der Waals surface area contributed by atoms with Crippen LogP contribution in [-0.2, 0) is 4.79 Å². The van der Waals surface area contributed by atoms with Gasteiger partial charge in [0.25, 0.3) is 0 Å². The van der Waals surface area contributed by atoms with Crippen molar-refractivity contribution in [3.8, 4) is 5.88 Å². The van der Waals surface area contributed by atoms with Crippen molar-refractivity contribution in [2.24, 2.45) is 0 Å². The van der Waals surface area contributed by atoms with Crippen molar-refractivity contribution in [1.82, 2.24) is 4.73 Å². The third-order valence-electron chi connectivity index (χ3n) is 1.13. The monoisotopic (exact) mass is 205 g/mol. The molecule has 66 valence electrons. The predicted molar refractivity (Wildman–Crippen MR) is 46.8 cm³/mol. The molecule has 1 N–H and O–H groups in total. The zero-order chi connectivity index (χ0) is 9.30. The average molecular weight is 205 g/mol. The van der Waals surface area contributed by atoms with E-state index in [1.807, 2.05) is 0 Å². The second kappa shape index (κ2) is 3.24. The van der Waals surface area contributed by atoms with Gasteiger partial charge in [-0.25, -0.2) is 4.79 Å². The first-order valence-electron chi connectivity index (χ1n) is 3.12. The van der Waals surface area contributed by atoms with Gasteiger partial charge in [-0.1, -0.05) is 0 Å². The normalized spacial score (nSPS) is 9.83. The minimum atomic E-state index is -0.515. The fourth-order valence-electron chi connectivity index (χ4n) is 0.657. The molecule has 0 fully saturated rings. The molecule has 0 aliphatic heterocycles. The van der Waals surface area contributed by atoms with Gasteiger partial charge in [0.2, 0.25) is 9.83 Å². The van der Waals surface area contributed by atoms with E-state index in [4.69, 9.17) is 12.2 Å². The molecule has 1 aromatic heterocycles. The Labute approximate surface area is 78.0 Å². The summed E-state index contributed by atoms with van der Waals surface area (Å²) in [5.41, 5.74) is 0. The molecule has 0 unspecified atom stereocenters. The van der Waals surface area contributed by atoms with Gasteiger partial charge in [-0.3, -0.25) is 0 Å². The number of carbonyl (C=O) groups is 1. The highest BCUT2D eigenvalue weighted by Crippen LogP contribution is 2.22. The number of thiazole rings is 1. The summed E-state index contributed by atoms with van der Waals surface area (Å²) >= 11 is 6.01. The van der Waals surface area contributed by atoms with Gasteiger partial charge in [-0.05, 0) is 19.1 Å². The Bertz CT molecular complexity index is 365. The van der Waals surface area contributed by atoms with Crippen molar-refractivity contribution in [2.75, 3.05) is 0 Å². The number of nitrogens with zero attached hydrogens (tertiary/aromatic N) is 1. The number of aromatic hydroxyl groups is 1. The zero-order valence-corrected chi connectivity index (χ0v) is 8.16. The molecule has 1 heterocycles. The number of carbonyl (C=O) groups excluding carboxylic acids is 1. The highest BCUT2D eigenvalue weighted by atomic mass is 32.1. The van der Waals surface area contributed by atoms with E-state index in [1.165, 1.54) is 18.3 Å². The molecule has 12 heavy (non-hydrogen) atoms. The highest BCUT2D eigenvalue weighted by Gasteiger charge is 2.09. The summed E-state index contributed by atoms with van der Waals surface area (Å²) in [6, 6.07) is 0. The molecular weight excluding hydrogens is 198 g/mol. The van der Waals surface area contributed by atoms with Crippen LogP contribution in [0, 0.1) is 10.9 Å². The molecule has 0 spiro atoms. The average Bonchev–Trinajstić information content (AvgIpc) is 2.16. The van der Waals surface area contributed by atoms with E-state index in [9.17, 15) is 9.90 Å². The van der Waals surface area contributed by atoms with Crippen LogP contribution in [0.15, 0.2) is 0 Å². The van der Waals surface area contributed by atoms with Crippen molar-refractivity contribution in [1.29, 1.82) is 0 Å². The Balaban J connectivity index is 3.14. The molecule has 1 rings (SSSR count). The van der Waals surface area contributed by atoms with Crippen molar-refractivity contribution in [3.63, 3.8) is 0 Å². The second-order valence-electron chi connectivity index (χ2n) is 2.13. The Morgan fingerprint density at radius 2 is 2.33 bits per heavy atom. The highest BCUT2D eigenvalue weighted by molar-refractivity contribution is 7.73. The first kappa shape index (κ1) is 9.21. The maximum atomic E-state index is 10.5. The Hall–Kier alpha value is -0.880. The number of hydrogen-bond donors (Lipinski definition) is 1. The lowest BCUT2D eigenvalue weighted by Gasteiger charge is -2.00. The maximum Gasteiger partial charge on any atom is 0.330 e. The molecule has 0 aliphatic rings. The van der Waals surface area contributed by atoms with Crippen molar-refractivity contribution >= 4 is 29.5 Å². The molecule has 4 nitrogen and oxygen atoms in total. The molecule has 0 saturated heterocycles. The molecule has 6 heteroatoms.